The number of aliphatic carboxylic acids is 2. The molecule has 0 saturated carbocycles. The number of hydrogen-bond acceptors (Lipinski definition) is 10. The molecule has 302 valence electrons. The molecule has 2 N–H and O–H groups in total. The van der Waals surface area contributed by atoms with Crippen LogP contribution in [0.5, 0.6) is 0 Å². The molecule has 2 aromatic carbocycles. The second-order valence-electron chi connectivity index (χ2n) is 14.4. The van der Waals surface area contributed by atoms with Crippen molar-refractivity contribution in [3.05, 3.63) is 103 Å². The topological polar surface area (TPSA) is 178 Å². The van der Waals surface area contributed by atoms with E-state index in [1.54, 1.807) is 33.7 Å². The highest BCUT2D eigenvalue weighted by Gasteiger charge is 2.30. The Bertz CT molecular complexity index is 2520. The number of morpholine rings is 2. The van der Waals surface area contributed by atoms with Crippen LogP contribution in [-0.4, -0.2) is 125 Å². The average Bonchev–Trinajstić information content (AvgIpc) is 3.83. The number of benzene rings is 2. The van der Waals surface area contributed by atoms with Gasteiger partial charge in [0, 0.05) is 85.3 Å². The summed E-state index contributed by atoms with van der Waals surface area (Å²) in [6.45, 7) is 6.91. The molecule has 6 heterocycles. The molecule has 16 nitrogen and oxygen atoms in total. The minimum atomic E-state index is -0.959. The smallest absolute Gasteiger partial charge is 0.323 e. The SMILES string of the molecule is Cc1cn2nc(-c3cccc(-c4cccc(-c5cc6c(=O)n(CCN7CCOCC7C(=O)O)c(C)cn6n5)c4Cl)c3Cl)cc2c(=O)n1CCN1CCOCC1C(=O)O. The first-order valence-corrected chi connectivity index (χ1v) is 19.5. The summed E-state index contributed by atoms with van der Waals surface area (Å²) in [5.41, 5.74) is 4.86. The normalized spacial score (nSPS) is 18.0. The summed E-state index contributed by atoms with van der Waals surface area (Å²) in [6.07, 6.45) is 3.52. The Kier molecular flexibility index (Phi) is 11.0. The van der Waals surface area contributed by atoms with Gasteiger partial charge in [-0.15, -0.1) is 0 Å². The van der Waals surface area contributed by atoms with Gasteiger partial charge < -0.3 is 28.8 Å². The minimum absolute atomic E-state index is 0.0998. The summed E-state index contributed by atoms with van der Waals surface area (Å²) in [5.74, 6) is -1.92. The number of carboxylic acid groups (broad SMARTS) is 2. The lowest BCUT2D eigenvalue weighted by molar-refractivity contribution is -0.150. The van der Waals surface area contributed by atoms with Gasteiger partial charge in [-0.3, -0.25) is 29.0 Å². The Morgan fingerprint density at radius 3 is 1.47 bits per heavy atom. The number of nitrogens with zero attached hydrogens (tertiary/aromatic N) is 8. The number of hydrogen-bond donors (Lipinski definition) is 2. The molecule has 4 aromatic heterocycles. The van der Waals surface area contributed by atoms with Gasteiger partial charge in [-0.05, 0) is 26.0 Å². The van der Waals surface area contributed by atoms with Gasteiger partial charge in [0.25, 0.3) is 11.1 Å². The van der Waals surface area contributed by atoms with E-state index in [4.69, 9.17) is 42.9 Å². The van der Waals surface area contributed by atoms with Gasteiger partial charge in [-0.1, -0.05) is 59.6 Å². The third-order valence-corrected chi connectivity index (χ3v) is 11.8. The fourth-order valence-electron chi connectivity index (χ4n) is 7.81. The molecule has 2 fully saturated rings. The maximum absolute atomic E-state index is 13.8. The Morgan fingerprint density at radius 1 is 0.672 bits per heavy atom. The monoisotopic (exact) mass is 830 g/mol. The van der Waals surface area contributed by atoms with Crippen LogP contribution in [0.1, 0.15) is 11.4 Å². The molecule has 0 aliphatic carbocycles. The van der Waals surface area contributed by atoms with Crippen molar-refractivity contribution in [3.63, 3.8) is 0 Å². The number of ether oxygens (including phenoxy) is 2. The van der Waals surface area contributed by atoms with Crippen molar-refractivity contribution in [1.29, 1.82) is 0 Å². The van der Waals surface area contributed by atoms with Gasteiger partial charge in [0.05, 0.1) is 47.9 Å². The average molecular weight is 832 g/mol. The first-order chi connectivity index (χ1) is 27.9. The fraction of sp³-hybridized carbons (Fsp3) is 0.350. The first kappa shape index (κ1) is 39.5. The molecular formula is C40H40Cl2N8O8. The maximum atomic E-state index is 13.8. The number of halogens is 2. The Morgan fingerprint density at radius 2 is 1.07 bits per heavy atom. The van der Waals surface area contributed by atoms with Crippen molar-refractivity contribution in [2.24, 2.45) is 0 Å². The molecule has 2 aliphatic heterocycles. The second kappa shape index (κ2) is 16.1. The van der Waals surface area contributed by atoms with E-state index in [2.05, 4.69) is 0 Å². The van der Waals surface area contributed by atoms with Crippen LogP contribution in [0, 0.1) is 13.8 Å². The van der Waals surface area contributed by atoms with Crippen LogP contribution in [0.3, 0.4) is 0 Å². The number of aryl methyl sites for hydroxylation is 2. The standard InChI is InChI=1S/C40H40Cl2N8O8/c1-23-19-49-31(37(51)47(23)11-9-45-13-15-57-21-33(45)39(53)54)17-29(43-49)27-7-3-5-25(35(27)41)26-6-4-8-28(36(26)42)30-18-32-38(52)48(24(2)20-50(32)44-30)12-10-46-14-16-58-22-34(46)40(55)56/h3-8,17-20,33-34H,9-16,21-22H2,1-2H3,(H,53,54)(H,55,56). The molecule has 0 spiro atoms. The van der Waals surface area contributed by atoms with E-state index in [9.17, 15) is 29.4 Å². The molecule has 18 heteroatoms. The van der Waals surface area contributed by atoms with E-state index in [0.29, 0.717) is 119 Å². The van der Waals surface area contributed by atoms with Gasteiger partial charge in [0.2, 0.25) is 0 Å². The number of carbonyl (C=O) groups is 2. The molecule has 0 amide bonds. The number of fused-ring (bicyclic) bond motifs is 2. The molecular weight excluding hydrogens is 791 g/mol. The van der Waals surface area contributed by atoms with Gasteiger partial charge in [0.1, 0.15) is 23.1 Å². The molecule has 2 saturated heterocycles. The van der Waals surface area contributed by atoms with Gasteiger partial charge in [-0.2, -0.15) is 10.2 Å². The largest absolute Gasteiger partial charge is 0.480 e. The molecule has 0 bridgehead atoms. The molecule has 2 atom stereocenters. The van der Waals surface area contributed by atoms with Gasteiger partial charge in [0.15, 0.2) is 0 Å². The molecule has 2 unspecified atom stereocenters. The summed E-state index contributed by atoms with van der Waals surface area (Å²) in [6, 6.07) is 12.8. The van der Waals surface area contributed by atoms with E-state index < -0.39 is 24.0 Å². The molecule has 58 heavy (non-hydrogen) atoms. The molecule has 8 rings (SSSR count). The lowest BCUT2D eigenvalue weighted by Crippen LogP contribution is -2.51. The van der Waals surface area contributed by atoms with Crippen molar-refractivity contribution >= 4 is 46.2 Å². The zero-order valence-electron chi connectivity index (χ0n) is 31.7. The molecule has 6 aromatic rings. The zero-order chi connectivity index (χ0) is 40.8. The fourth-order valence-corrected chi connectivity index (χ4v) is 8.46. The van der Waals surface area contributed by atoms with Crippen LogP contribution < -0.4 is 11.1 Å². The highest BCUT2D eigenvalue weighted by atomic mass is 35.5. The van der Waals surface area contributed by atoms with E-state index in [1.807, 2.05) is 60.0 Å². The second-order valence-corrected chi connectivity index (χ2v) is 15.2. The van der Waals surface area contributed by atoms with Crippen molar-refractivity contribution < 1.29 is 29.3 Å². The molecule has 0 radical (unpaired) electrons. The Balaban J connectivity index is 1.07. The van der Waals surface area contributed by atoms with Gasteiger partial charge >= 0.3 is 11.9 Å². The quantitative estimate of drug-likeness (QED) is 0.193. The predicted octanol–water partition coefficient (Wildman–Crippen LogP) is 3.80. The van der Waals surface area contributed by atoms with Crippen LogP contribution in [0.25, 0.3) is 44.7 Å². The third-order valence-electron chi connectivity index (χ3n) is 11.0. The molecule has 2 aliphatic rings. The van der Waals surface area contributed by atoms with E-state index in [1.165, 1.54) is 9.03 Å². The predicted molar refractivity (Wildman–Crippen MR) is 216 cm³/mol. The van der Waals surface area contributed by atoms with Gasteiger partial charge in [-0.25, -0.2) is 9.03 Å². The number of carboxylic acids is 2. The van der Waals surface area contributed by atoms with E-state index >= 15 is 0 Å². The maximum Gasteiger partial charge on any atom is 0.323 e. The summed E-state index contributed by atoms with van der Waals surface area (Å²) < 4.78 is 17.0. The lowest BCUT2D eigenvalue weighted by Gasteiger charge is -2.32. The highest BCUT2D eigenvalue weighted by molar-refractivity contribution is 6.39. The summed E-state index contributed by atoms with van der Waals surface area (Å²) in [7, 11) is 0. The van der Waals surface area contributed by atoms with Crippen LogP contribution in [0.2, 0.25) is 10.0 Å². The summed E-state index contributed by atoms with van der Waals surface area (Å²) in [4.78, 5) is 54.7. The highest BCUT2D eigenvalue weighted by Crippen LogP contribution is 2.42. The number of aromatic nitrogens is 6. The Hall–Kier alpha value is -5.36. The van der Waals surface area contributed by atoms with Crippen molar-refractivity contribution in [2.45, 2.75) is 39.0 Å². The summed E-state index contributed by atoms with van der Waals surface area (Å²) >= 11 is 14.2. The first-order valence-electron chi connectivity index (χ1n) is 18.8. The third kappa shape index (κ3) is 7.31. The summed E-state index contributed by atoms with van der Waals surface area (Å²) in [5, 5.41) is 29.4. The lowest BCUT2D eigenvalue weighted by atomic mass is 9.98. The van der Waals surface area contributed by atoms with Crippen molar-refractivity contribution in [3.8, 4) is 33.6 Å². The zero-order valence-corrected chi connectivity index (χ0v) is 33.2. The van der Waals surface area contributed by atoms with Crippen LogP contribution in [0.4, 0.5) is 0 Å². The van der Waals surface area contributed by atoms with E-state index in [-0.39, 0.29) is 24.3 Å². The Labute approximate surface area is 340 Å². The van der Waals surface area contributed by atoms with Crippen LogP contribution in [0.15, 0.2) is 70.5 Å². The van der Waals surface area contributed by atoms with Crippen molar-refractivity contribution in [2.75, 3.05) is 52.6 Å². The van der Waals surface area contributed by atoms with Crippen LogP contribution >= 0.6 is 23.2 Å². The minimum Gasteiger partial charge on any atom is -0.480 e. The number of rotatable bonds is 11. The van der Waals surface area contributed by atoms with Crippen LogP contribution in [-0.2, 0) is 32.2 Å². The van der Waals surface area contributed by atoms with Crippen molar-refractivity contribution in [1.82, 2.24) is 38.2 Å². The van der Waals surface area contributed by atoms with E-state index in [0.717, 1.165) is 0 Å².